The van der Waals surface area contributed by atoms with Gasteiger partial charge in [0.25, 0.3) is 0 Å². The predicted octanol–water partition coefficient (Wildman–Crippen LogP) is 0.412. The minimum atomic E-state index is -0.715. The van der Waals surface area contributed by atoms with Crippen LogP contribution in [-0.2, 0) is 24.9 Å². The van der Waals surface area contributed by atoms with E-state index in [2.05, 4.69) is 10.3 Å². The maximum absolute atomic E-state index is 12.3. The van der Waals surface area contributed by atoms with Crippen molar-refractivity contribution in [2.45, 2.75) is 13.1 Å². The number of fused-ring (bicyclic) bond motifs is 1. The van der Waals surface area contributed by atoms with Crippen LogP contribution in [0, 0.1) is 0 Å². The summed E-state index contributed by atoms with van der Waals surface area (Å²) in [7, 11) is 1.54. The molecule has 0 aliphatic heterocycles. The molecule has 0 atom stereocenters. The van der Waals surface area contributed by atoms with Crippen LogP contribution in [0.1, 0.15) is 5.56 Å². The first-order chi connectivity index (χ1) is 11.6. The Kier molecular flexibility index (Phi) is 4.24. The molecule has 0 spiro atoms. The third-order valence-electron chi connectivity index (χ3n) is 3.78. The van der Waals surface area contributed by atoms with Crippen LogP contribution in [0.2, 0.25) is 0 Å². The van der Waals surface area contributed by atoms with Gasteiger partial charge in [0.1, 0.15) is 6.54 Å². The number of hydrogen-bond donors (Lipinski definition) is 1. The molecule has 2 heterocycles. The fraction of sp³-hybridized carbons (Fsp3) is 0.176. The maximum Gasteiger partial charge on any atom is 0.317 e. The number of carbonyl (C=O) groups is 1. The van der Waals surface area contributed by atoms with Gasteiger partial charge in [-0.2, -0.15) is 0 Å². The summed E-state index contributed by atoms with van der Waals surface area (Å²) >= 11 is 0. The first-order valence-electron chi connectivity index (χ1n) is 7.42. The molecule has 1 N–H and O–H groups in total. The smallest absolute Gasteiger partial charge is 0.317 e. The Morgan fingerprint density at radius 3 is 2.54 bits per heavy atom. The lowest BCUT2D eigenvalue weighted by Gasteiger charge is -2.12. The SMILES string of the molecule is Cn1c(=O)c(=O)n(CC(=O)NCc2cccnc2)c2ccccc21. The molecule has 0 saturated carbocycles. The summed E-state index contributed by atoms with van der Waals surface area (Å²) in [6.07, 6.45) is 3.30. The van der Waals surface area contributed by atoms with E-state index in [9.17, 15) is 14.4 Å². The molecule has 0 aliphatic rings. The summed E-state index contributed by atoms with van der Waals surface area (Å²) in [5, 5.41) is 2.73. The highest BCUT2D eigenvalue weighted by atomic mass is 16.2. The standard InChI is InChI=1S/C17H16N4O3/c1-20-13-6-2-3-7-14(13)21(17(24)16(20)23)11-15(22)19-10-12-5-4-8-18-9-12/h2-9H,10-11H2,1H3,(H,19,22). The van der Waals surface area contributed by atoms with Gasteiger partial charge in [0, 0.05) is 26.0 Å². The Bertz CT molecular complexity index is 1010. The quantitative estimate of drug-likeness (QED) is 0.704. The highest BCUT2D eigenvalue weighted by Gasteiger charge is 2.13. The van der Waals surface area contributed by atoms with Gasteiger partial charge >= 0.3 is 11.1 Å². The van der Waals surface area contributed by atoms with Crippen molar-refractivity contribution in [2.75, 3.05) is 0 Å². The van der Waals surface area contributed by atoms with Crippen LogP contribution in [0.15, 0.2) is 58.4 Å². The monoisotopic (exact) mass is 324 g/mol. The van der Waals surface area contributed by atoms with Gasteiger partial charge in [0.15, 0.2) is 0 Å². The third kappa shape index (κ3) is 2.96. The summed E-state index contributed by atoms with van der Waals surface area (Å²) < 4.78 is 2.50. The zero-order valence-electron chi connectivity index (χ0n) is 13.1. The van der Waals surface area contributed by atoms with E-state index < -0.39 is 11.1 Å². The molecule has 0 aliphatic carbocycles. The zero-order valence-corrected chi connectivity index (χ0v) is 13.1. The van der Waals surface area contributed by atoms with Crippen molar-refractivity contribution in [3.8, 4) is 0 Å². The number of nitrogens with one attached hydrogen (secondary N) is 1. The molecule has 7 heteroatoms. The molecular formula is C17H16N4O3. The van der Waals surface area contributed by atoms with E-state index >= 15 is 0 Å². The number of pyridine rings is 1. The molecule has 24 heavy (non-hydrogen) atoms. The number of aromatic nitrogens is 3. The molecule has 122 valence electrons. The second kappa shape index (κ2) is 6.49. The number of benzene rings is 1. The van der Waals surface area contributed by atoms with Crippen molar-refractivity contribution < 1.29 is 4.79 Å². The fourth-order valence-corrected chi connectivity index (χ4v) is 2.51. The van der Waals surface area contributed by atoms with Crippen LogP contribution >= 0.6 is 0 Å². The van der Waals surface area contributed by atoms with Crippen LogP contribution in [0.4, 0.5) is 0 Å². The van der Waals surface area contributed by atoms with Crippen LogP contribution in [0.3, 0.4) is 0 Å². The van der Waals surface area contributed by atoms with E-state index in [0.29, 0.717) is 17.6 Å². The minimum absolute atomic E-state index is 0.213. The number of amides is 1. The lowest BCUT2D eigenvalue weighted by molar-refractivity contribution is -0.121. The van der Waals surface area contributed by atoms with Gasteiger partial charge in [-0.25, -0.2) is 0 Å². The van der Waals surface area contributed by atoms with E-state index in [1.807, 2.05) is 6.07 Å². The highest BCUT2D eigenvalue weighted by molar-refractivity contribution is 5.80. The Balaban J connectivity index is 1.89. The highest BCUT2D eigenvalue weighted by Crippen LogP contribution is 2.09. The molecule has 0 fully saturated rings. The topological polar surface area (TPSA) is 86.0 Å². The van der Waals surface area contributed by atoms with Crippen molar-refractivity contribution in [3.05, 3.63) is 75.1 Å². The van der Waals surface area contributed by atoms with E-state index in [1.54, 1.807) is 49.8 Å². The van der Waals surface area contributed by atoms with Crippen LogP contribution < -0.4 is 16.4 Å². The largest absolute Gasteiger partial charge is 0.350 e. The Hall–Kier alpha value is -3.22. The summed E-state index contributed by atoms with van der Waals surface area (Å²) in [5.74, 6) is -0.348. The Morgan fingerprint density at radius 1 is 1.08 bits per heavy atom. The molecule has 0 saturated heterocycles. The predicted molar refractivity (Wildman–Crippen MR) is 89.5 cm³/mol. The van der Waals surface area contributed by atoms with Crippen molar-refractivity contribution in [2.24, 2.45) is 7.05 Å². The normalized spacial score (nSPS) is 10.7. The van der Waals surface area contributed by atoms with E-state index in [1.165, 1.54) is 9.13 Å². The molecule has 3 rings (SSSR count). The van der Waals surface area contributed by atoms with Gasteiger partial charge in [-0.3, -0.25) is 23.9 Å². The number of nitrogens with zero attached hydrogens (tertiary/aromatic N) is 3. The van der Waals surface area contributed by atoms with Gasteiger partial charge in [-0.1, -0.05) is 18.2 Å². The number of aryl methyl sites for hydroxylation is 1. The first kappa shape index (κ1) is 15.7. The molecule has 0 bridgehead atoms. The van der Waals surface area contributed by atoms with Gasteiger partial charge < -0.3 is 9.88 Å². The number of rotatable bonds is 4. The lowest BCUT2D eigenvalue weighted by atomic mass is 10.2. The number of carbonyl (C=O) groups excluding carboxylic acids is 1. The summed E-state index contributed by atoms with van der Waals surface area (Å²) in [5.41, 5.74) is 0.622. The second-order valence-corrected chi connectivity index (χ2v) is 5.38. The fourth-order valence-electron chi connectivity index (χ4n) is 2.51. The molecule has 1 amide bonds. The van der Waals surface area contributed by atoms with Crippen molar-refractivity contribution in [1.29, 1.82) is 0 Å². The summed E-state index contributed by atoms with van der Waals surface area (Å²) in [6.45, 7) is 0.0971. The molecule has 0 unspecified atom stereocenters. The molecule has 7 nitrogen and oxygen atoms in total. The van der Waals surface area contributed by atoms with Crippen molar-refractivity contribution in [3.63, 3.8) is 0 Å². The molecule has 2 aromatic heterocycles. The summed E-state index contributed by atoms with van der Waals surface area (Å²) in [6, 6.07) is 10.6. The van der Waals surface area contributed by atoms with Gasteiger partial charge in [0.05, 0.1) is 11.0 Å². The minimum Gasteiger partial charge on any atom is -0.350 e. The maximum atomic E-state index is 12.3. The van der Waals surface area contributed by atoms with Gasteiger partial charge in [-0.15, -0.1) is 0 Å². The number of hydrogen-bond acceptors (Lipinski definition) is 4. The Labute approximate surface area is 137 Å². The van der Waals surface area contributed by atoms with Crippen LogP contribution in [0.5, 0.6) is 0 Å². The van der Waals surface area contributed by atoms with E-state index in [0.717, 1.165) is 5.56 Å². The summed E-state index contributed by atoms with van der Waals surface area (Å²) in [4.78, 5) is 40.5. The van der Waals surface area contributed by atoms with E-state index in [-0.39, 0.29) is 12.5 Å². The lowest BCUT2D eigenvalue weighted by Crippen LogP contribution is -2.43. The average molecular weight is 324 g/mol. The molecule has 1 aromatic carbocycles. The second-order valence-electron chi connectivity index (χ2n) is 5.38. The third-order valence-corrected chi connectivity index (χ3v) is 3.78. The molecule has 3 aromatic rings. The van der Waals surface area contributed by atoms with Crippen LogP contribution in [-0.4, -0.2) is 20.0 Å². The molecule has 0 radical (unpaired) electrons. The van der Waals surface area contributed by atoms with E-state index in [4.69, 9.17) is 0 Å². The number of para-hydroxylation sites is 2. The van der Waals surface area contributed by atoms with Gasteiger partial charge in [0.2, 0.25) is 5.91 Å². The first-order valence-corrected chi connectivity index (χ1v) is 7.42. The zero-order chi connectivity index (χ0) is 17.1. The molecular weight excluding hydrogens is 308 g/mol. The van der Waals surface area contributed by atoms with Crippen molar-refractivity contribution in [1.82, 2.24) is 19.4 Å². The average Bonchev–Trinajstić information content (AvgIpc) is 2.62. The van der Waals surface area contributed by atoms with Crippen molar-refractivity contribution >= 4 is 16.9 Å². The van der Waals surface area contributed by atoms with Gasteiger partial charge in [-0.05, 0) is 23.8 Å². The van der Waals surface area contributed by atoms with Crippen LogP contribution in [0.25, 0.3) is 11.0 Å². The Morgan fingerprint density at radius 2 is 1.83 bits per heavy atom.